The van der Waals surface area contributed by atoms with Crippen LogP contribution in [0.25, 0.3) is 11.0 Å². The first-order chi connectivity index (χ1) is 11.8. The van der Waals surface area contributed by atoms with E-state index >= 15 is 0 Å². The van der Waals surface area contributed by atoms with Crippen LogP contribution in [0.15, 0.2) is 50.3 Å². The number of anilines is 1. The highest BCUT2D eigenvalue weighted by atomic mass is 79.9. The summed E-state index contributed by atoms with van der Waals surface area (Å²) in [7, 11) is 0. The molecule has 7 nitrogen and oxygen atoms in total. The number of hydrogen-bond donors (Lipinski definition) is 1. The van der Waals surface area contributed by atoms with E-state index in [-0.39, 0.29) is 6.04 Å². The fraction of sp³-hybridized carbons (Fsp3) is 0.188. The molecule has 24 heavy (non-hydrogen) atoms. The molecule has 0 fully saturated rings. The summed E-state index contributed by atoms with van der Waals surface area (Å²) in [5.41, 5.74) is 2.88. The standard InChI is InChI=1S/C16H12BrN5O2/c17-15-20-21-16(24-15)22-6-5-10-13(19-8-18-10)14(22)12-7-9-3-1-2-4-11(9)23-12/h1-4,7-8,14H,5-6H2,(H,18,19)/t14-/m0/s1. The van der Waals surface area contributed by atoms with Gasteiger partial charge in [0.2, 0.25) is 0 Å². The number of aromatic amines is 1. The molecule has 0 unspecified atom stereocenters. The summed E-state index contributed by atoms with van der Waals surface area (Å²) < 4.78 is 11.7. The van der Waals surface area contributed by atoms with E-state index in [1.54, 1.807) is 6.33 Å². The van der Waals surface area contributed by atoms with Crippen LogP contribution in [-0.4, -0.2) is 26.7 Å². The highest BCUT2D eigenvalue weighted by Crippen LogP contribution is 2.38. The molecule has 1 aromatic carbocycles. The molecule has 1 aliphatic heterocycles. The molecule has 1 atom stereocenters. The number of benzene rings is 1. The van der Waals surface area contributed by atoms with Gasteiger partial charge in [-0.3, -0.25) is 0 Å². The van der Waals surface area contributed by atoms with E-state index in [1.165, 1.54) is 0 Å². The van der Waals surface area contributed by atoms with E-state index in [0.717, 1.165) is 41.1 Å². The Bertz CT molecular complexity index is 987. The first kappa shape index (κ1) is 13.8. The van der Waals surface area contributed by atoms with Gasteiger partial charge in [0.15, 0.2) is 0 Å². The first-order valence-electron chi connectivity index (χ1n) is 7.56. The Morgan fingerprint density at radius 1 is 1.21 bits per heavy atom. The molecule has 0 bridgehead atoms. The summed E-state index contributed by atoms with van der Waals surface area (Å²) >= 11 is 3.22. The lowest BCUT2D eigenvalue weighted by Crippen LogP contribution is -2.36. The average Bonchev–Trinajstić information content (AvgIpc) is 3.32. The van der Waals surface area contributed by atoms with Crippen molar-refractivity contribution < 1.29 is 8.83 Å². The van der Waals surface area contributed by atoms with E-state index in [4.69, 9.17) is 8.83 Å². The number of imidazole rings is 1. The van der Waals surface area contributed by atoms with Gasteiger partial charge >= 0.3 is 6.01 Å². The van der Waals surface area contributed by atoms with Crippen molar-refractivity contribution >= 4 is 32.9 Å². The Balaban J connectivity index is 1.68. The Morgan fingerprint density at radius 3 is 2.96 bits per heavy atom. The molecule has 5 rings (SSSR count). The predicted molar refractivity (Wildman–Crippen MR) is 89.7 cm³/mol. The SMILES string of the molecule is Brc1nnc(N2CCc3[nH]cnc3[C@@H]2c2cc3ccccc3o2)o1. The maximum Gasteiger partial charge on any atom is 0.319 e. The van der Waals surface area contributed by atoms with Crippen molar-refractivity contribution in [3.05, 3.63) is 58.6 Å². The normalized spacial score (nSPS) is 17.4. The number of nitrogens with zero attached hydrogens (tertiary/aromatic N) is 4. The number of hydrogen-bond acceptors (Lipinski definition) is 6. The molecule has 0 aliphatic carbocycles. The topological polar surface area (TPSA) is 84.0 Å². The van der Waals surface area contributed by atoms with Gasteiger partial charge in [0.05, 0.1) is 12.0 Å². The van der Waals surface area contributed by atoms with Gasteiger partial charge in [0.1, 0.15) is 17.4 Å². The van der Waals surface area contributed by atoms with Gasteiger partial charge in [0.25, 0.3) is 4.80 Å². The summed E-state index contributed by atoms with van der Waals surface area (Å²) in [6.07, 6.45) is 2.54. The minimum Gasteiger partial charge on any atom is -0.458 e. The third kappa shape index (κ3) is 2.06. The number of furan rings is 1. The average molecular weight is 386 g/mol. The van der Waals surface area contributed by atoms with Crippen molar-refractivity contribution in [3.63, 3.8) is 0 Å². The Hall–Kier alpha value is -2.61. The molecule has 8 heteroatoms. The quantitative estimate of drug-likeness (QED) is 0.568. The third-order valence-electron chi connectivity index (χ3n) is 4.27. The molecule has 1 aliphatic rings. The molecule has 0 spiro atoms. The van der Waals surface area contributed by atoms with Gasteiger partial charge < -0.3 is 18.7 Å². The lowest BCUT2D eigenvalue weighted by atomic mass is 10.0. The van der Waals surface area contributed by atoms with Gasteiger partial charge in [0, 0.05) is 40.0 Å². The number of nitrogens with one attached hydrogen (secondary N) is 1. The Labute approximate surface area is 144 Å². The third-order valence-corrected chi connectivity index (χ3v) is 4.59. The number of halogens is 1. The molecule has 120 valence electrons. The Morgan fingerprint density at radius 2 is 2.12 bits per heavy atom. The summed E-state index contributed by atoms with van der Waals surface area (Å²) in [6, 6.07) is 10.2. The minimum atomic E-state index is -0.209. The molecule has 0 radical (unpaired) electrons. The van der Waals surface area contributed by atoms with Crippen LogP contribution in [0.5, 0.6) is 0 Å². The molecule has 4 heterocycles. The van der Waals surface area contributed by atoms with Crippen LogP contribution >= 0.6 is 15.9 Å². The summed E-state index contributed by atoms with van der Waals surface area (Å²) in [5, 5.41) is 9.07. The lowest BCUT2D eigenvalue weighted by Gasteiger charge is -2.31. The molecule has 0 saturated carbocycles. The Kier molecular flexibility index (Phi) is 2.99. The molecule has 0 amide bonds. The number of para-hydroxylation sites is 1. The van der Waals surface area contributed by atoms with Crippen molar-refractivity contribution in [3.8, 4) is 0 Å². The van der Waals surface area contributed by atoms with Crippen molar-refractivity contribution in [2.24, 2.45) is 0 Å². The van der Waals surface area contributed by atoms with Gasteiger partial charge in [-0.05, 0) is 12.1 Å². The van der Waals surface area contributed by atoms with Crippen LogP contribution in [0.1, 0.15) is 23.2 Å². The maximum absolute atomic E-state index is 6.10. The van der Waals surface area contributed by atoms with Crippen LogP contribution in [0, 0.1) is 0 Å². The zero-order chi connectivity index (χ0) is 16.1. The van der Waals surface area contributed by atoms with E-state index in [2.05, 4.69) is 36.1 Å². The van der Waals surface area contributed by atoms with E-state index < -0.39 is 0 Å². The van der Waals surface area contributed by atoms with Crippen LogP contribution < -0.4 is 4.90 Å². The molecule has 1 N–H and O–H groups in total. The minimum absolute atomic E-state index is 0.209. The number of aromatic nitrogens is 4. The van der Waals surface area contributed by atoms with Crippen molar-refractivity contribution in [1.82, 2.24) is 20.2 Å². The molecule has 0 saturated heterocycles. The number of H-pyrrole nitrogens is 1. The van der Waals surface area contributed by atoms with Gasteiger partial charge in [-0.15, -0.1) is 0 Å². The summed E-state index contributed by atoms with van der Waals surface area (Å²) in [5.74, 6) is 0.804. The maximum atomic E-state index is 6.10. The van der Waals surface area contributed by atoms with Crippen LogP contribution in [-0.2, 0) is 6.42 Å². The van der Waals surface area contributed by atoms with Gasteiger partial charge in [-0.25, -0.2) is 4.98 Å². The van der Waals surface area contributed by atoms with Crippen LogP contribution in [0.3, 0.4) is 0 Å². The second kappa shape index (κ2) is 5.20. The fourth-order valence-electron chi connectivity index (χ4n) is 3.22. The summed E-state index contributed by atoms with van der Waals surface area (Å²) in [4.78, 5) is 10.1. The molecule has 4 aromatic rings. The summed E-state index contributed by atoms with van der Waals surface area (Å²) in [6.45, 7) is 0.728. The largest absolute Gasteiger partial charge is 0.458 e. The van der Waals surface area contributed by atoms with Crippen molar-refractivity contribution in [1.29, 1.82) is 0 Å². The van der Waals surface area contributed by atoms with E-state index in [0.29, 0.717) is 10.8 Å². The van der Waals surface area contributed by atoms with E-state index in [1.807, 2.05) is 35.2 Å². The van der Waals surface area contributed by atoms with Gasteiger partial charge in [-0.1, -0.05) is 28.4 Å². The highest BCUT2D eigenvalue weighted by Gasteiger charge is 2.36. The lowest BCUT2D eigenvalue weighted by molar-refractivity contribution is 0.444. The fourth-order valence-corrected chi connectivity index (χ4v) is 3.45. The smallest absolute Gasteiger partial charge is 0.319 e. The zero-order valence-corrected chi connectivity index (χ0v) is 14.0. The van der Waals surface area contributed by atoms with Crippen LogP contribution in [0.4, 0.5) is 6.01 Å². The highest BCUT2D eigenvalue weighted by molar-refractivity contribution is 9.10. The van der Waals surface area contributed by atoms with Crippen LogP contribution in [0.2, 0.25) is 0 Å². The second-order valence-corrected chi connectivity index (χ2v) is 6.31. The molecular formula is C16H12BrN5O2. The van der Waals surface area contributed by atoms with Crippen molar-refractivity contribution in [2.45, 2.75) is 12.5 Å². The second-order valence-electron chi connectivity index (χ2n) is 5.64. The van der Waals surface area contributed by atoms with E-state index in [9.17, 15) is 0 Å². The first-order valence-corrected chi connectivity index (χ1v) is 8.35. The van der Waals surface area contributed by atoms with Gasteiger partial charge in [-0.2, -0.15) is 0 Å². The number of fused-ring (bicyclic) bond motifs is 2. The predicted octanol–water partition coefficient (Wildman–Crippen LogP) is 3.45. The molecular weight excluding hydrogens is 374 g/mol. The zero-order valence-electron chi connectivity index (χ0n) is 12.4. The van der Waals surface area contributed by atoms with Crippen molar-refractivity contribution in [2.75, 3.05) is 11.4 Å². The number of rotatable bonds is 2. The molecule has 3 aromatic heterocycles. The monoisotopic (exact) mass is 385 g/mol.